The maximum absolute atomic E-state index is 2.57. The number of thiophene rings is 1. The minimum absolute atomic E-state index is 0.763. The fraction of sp³-hybridized carbons (Fsp3) is 0.333. The SMILES string of the molecule is c1ccc(CN2CC[C@H](c3cccs3)C2)cc1. The highest BCUT2D eigenvalue weighted by Gasteiger charge is 2.24. The second-order valence-electron chi connectivity index (χ2n) is 4.72. The molecule has 1 saturated heterocycles. The zero-order valence-corrected chi connectivity index (χ0v) is 10.7. The lowest BCUT2D eigenvalue weighted by Crippen LogP contribution is -2.19. The third-order valence-electron chi connectivity index (χ3n) is 3.47. The van der Waals surface area contributed by atoms with Gasteiger partial charge in [-0.15, -0.1) is 11.3 Å². The molecule has 2 aromatic rings. The normalized spacial score (nSPS) is 20.8. The molecule has 1 atom stereocenters. The van der Waals surface area contributed by atoms with Crippen LogP contribution in [0.1, 0.15) is 22.8 Å². The summed E-state index contributed by atoms with van der Waals surface area (Å²) in [7, 11) is 0. The second kappa shape index (κ2) is 5.03. The Hall–Kier alpha value is -1.12. The molecule has 2 heteroatoms. The Morgan fingerprint density at radius 3 is 2.76 bits per heavy atom. The van der Waals surface area contributed by atoms with E-state index in [0.717, 1.165) is 12.5 Å². The molecule has 17 heavy (non-hydrogen) atoms. The monoisotopic (exact) mass is 243 g/mol. The van der Waals surface area contributed by atoms with Gasteiger partial charge in [0.05, 0.1) is 0 Å². The highest BCUT2D eigenvalue weighted by molar-refractivity contribution is 7.10. The molecule has 0 spiro atoms. The Morgan fingerprint density at radius 2 is 2.00 bits per heavy atom. The van der Waals surface area contributed by atoms with E-state index in [-0.39, 0.29) is 0 Å². The predicted octanol–water partition coefficient (Wildman–Crippen LogP) is 3.74. The summed E-state index contributed by atoms with van der Waals surface area (Å²) in [4.78, 5) is 4.13. The lowest BCUT2D eigenvalue weighted by Gasteiger charge is -2.15. The van der Waals surface area contributed by atoms with E-state index in [1.807, 2.05) is 11.3 Å². The summed E-state index contributed by atoms with van der Waals surface area (Å²) in [6.45, 7) is 3.55. The van der Waals surface area contributed by atoms with Crippen molar-refractivity contribution in [2.45, 2.75) is 18.9 Å². The molecule has 1 fully saturated rings. The van der Waals surface area contributed by atoms with Gasteiger partial charge in [-0.25, -0.2) is 0 Å². The van der Waals surface area contributed by atoms with Gasteiger partial charge in [0.1, 0.15) is 0 Å². The van der Waals surface area contributed by atoms with Gasteiger partial charge in [0.15, 0.2) is 0 Å². The molecular formula is C15H17NS. The molecule has 1 aliphatic heterocycles. The minimum Gasteiger partial charge on any atom is -0.298 e. The van der Waals surface area contributed by atoms with Crippen LogP contribution in [-0.4, -0.2) is 18.0 Å². The Kier molecular flexibility index (Phi) is 3.25. The van der Waals surface area contributed by atoms with Gasteiger partial charge in [0.2, 0.25) is 0 Å². The van der Waals surface area contributed by atoms with Crippen molar-refractivity contribution in [2.75, 3.05) is 13.1 Å². The first-order valence-corrected chi connectivity index (χ1v) is 7.09. The summed E-state index contributed by atoms with van der Waals surface area (Å²) >= 11 is 1.90. The van der Waals surface area contributed by atoms with E-state index in [2.05, 4.69) is 52.7 Å². The molecule has 0 aliphatic carbocycles. The average molecular weight is 243 g/mol. The van der Waals surface area contributed by atoms with Crippen molar-refractivity contribution in [3.05, 3.63) is 58.3 Å². The lowest BCUT2D eigenvalue weighted by atomic mass is 10.1. The van der Waals surface area contributed by atoms with E-state index >= 15 is 0 Å². The first-order valence-electron chi connectivity index (χ1n) is 6.21. The van der Waals surface area contributed by atoms with Crippen LogP contribution in [0.5, 0.6) is 0 Å². The highest BCUT2D eigenvalue weighted by Crippen LogP contribution is 2.30. The van der Waals surface area contributed by atoms with E-state index in [4.69, 9.17) is 0 Å². The lowest BCUT2D eigenvalue weighted by molar-refractivity contribution is 0.327. The topological polar surface area (TPSA) is 3.24 Å². The third kappa shape index (κ3) is 2.59. The molecule has 1 nitrogen and oxygen atoms in total. The van der Waals surface area contributed by atoms with Crippen molar-refractivity contribution in [1.82, 2.24) is 4.90 Å². The summed E-state index contributed by atoms with van der Waals surface area (Å²) in [6.07, 6.45) is 1.31. The van der Waals surface area contributed by atoms with E-state index in [1.165, 1.54) is 25.1 Å². The largest absolute Gasteiger partial charge is 0.298 e. The van der Waals surface area contributed by atoms with Crippen LogP contribution in [0.3, 0.4) is 0 Å². The average Bonchev–Trinajstić information content (AvgIpc) is 3.00. The van der Waals surface area contributed by atoms with E-state index in [1.54, 1.807) is 4.88 Å². The van der Waals surface area contributed by atoms with E-state index in [0.29, 0.717) is 0 Å². The molecule has 1 aliphatic rings. The molecule has 1 aromatic carbocycles. The van der Waals surface area contributed by atoms with Crippen LogP contribution < -0.4 is 0 Å². The summed E-state index contributed by atoms with van der Waals surface area (Å²) in [5.41, 5.74) is 1.43. The highest BCUT2D eigenvalue weighted by atomic mass is 32.1. The van der Waals surface area contributed by atoms with Crippen molar-refractivity contribution in [1.29, 1.82) is 0 Å². The van der Waals surface area contributed by atoms with Gasteiger partial charge < -0.3 is 0 Å². The smallest absolute Gasteiger partial charge is 0.0233 e. The van der Waals surface area contributed by atoms with Crippen LogP contribution in [0.25, 0.3) is 0 Å². The van der Waals surface area contributed by atoms with Gasteiger partial charge in [-0.3, -0.25) is 4.90 Å². The van der Waals surface area contributed by atoms with Crippen LogP contribution in [0, 0.1) is 0 Å². The molecule has 0 unspecified atom stereocenters. The molecule has 0 N–H and O–H groups in total. The molecule has 88 valence electrons. The van der Waals surface area contributed by atoms with Gasteiger partial charge in [0, 0.05) is 23.9 Å². The van der Waals surface area contributed by atoms with Crippen molar-refractivity contribution in [3.8, 4) is 0 Å². The van der Waals surface area contributed by atoms with Crippen molar-refractivity contribution in [3.63, 3.8) is 0 Å². The zero-order chi connectivity index (χ0) is 11.5. The number of nitrogens with zero attached hydrogens (tertiary/aromatic N) is 1. The first kappa shape index (κ1) is 11.0. The van der Waals surface area contributed by atoms with E-state index in [9.17, 15) is 0 Å². The molecule has 2 heterocycles. The van der Waals surface area contributed by atoms with Crippen LogP contribution in [-0.2, 0) is 6.54 Å². The summed E-state index contributed by atoms with van der Waals surface area (Å²) < 4.78 is 0. The standard InChI is InChI=1S/C15H17NS/c1-2-5-13(6-3-1)11-16-9-8-14(12-16)15-7-4-10-17-15/h1-7,10,14H,8-9,11-12H2/t14-/m0/s1. The zero-order valence-electron chi connectivity index (χ0n) is 9.88. The van der Waals surface area contributed by atoms with Crippen molar-refractivity contribution in [2.24, 2.45) is 0 Å². The molecule has 0 radical (unpaired) electrons. The van der Waals surface area contributed by atoms with Gasteiger partial charge in [-0.2, -0.15) is 0 Å². The molecular weight excluding hydrogens is 226 g/mol. The fourth-order valence-electron chi connectivity index (χ4n) is 2.57. The Morgan fingerprint density at radius 1 is 1.12 bits per heavy atom. The Labute approximate surface area is 107 Å². The third-order valence-corrected chi connectivity index (χ3v) is 4.50. The predicted molar refractivity (Wildman–Crippen MR) is 73.4 cm³/mol. The van der Waals surface area contributed by atoms with Crippen molar-refractivity contribution < 1.29 is 0 Å². The maximum atomic E-state index is 2.57. The van der Waals surface area contributed by atoms with Crippen molar-refractivity contribution >= 4 is 11.3 Å². The molecule has 1 aromatic heterocycles. The summed E-state index contributed by atoms with van der Waals surface area (Å²) in [6, 6.07) is 15.2. The number of benzene rings is 1. The quantitative estimate of drug-likeness (QED) is 0.794. The maximum Gasteiger partial charge on any atom is 0.0233 e. The van der Waals surface area contributed by atoms with E-state index < -0.39 is 0 Å². The van der Waals surface area contributed by atoms with Gasteiger partial charge in [-0.05, 0) is 30.0 Å². The molecule has 0 amide bonds. The molecule has 0 bridgehead atoms. The first-order chi connectivity index (χ1) is 8.42. The van der Waals surface area contributed by atoms with Gasteiger partial charge in [-0.1, -0.05) is 36.4 Å². The summed E-state index contributed by atoms with van der Waals surface area (Å²) in [5, 5.41) is 2.19. The van der Waals surface area contributed by atoms with Crippen LogP contribution in [0.4, 0.5) is 0 Å². The fourth-order valence-corrected chi connectivity index (χ4v) is 3.43. The van der Waals surface area contributed by atoms with Crippen LogP contribution in [0.2, 0.25) is 0 Å². The Bertz CT molecular complexity index is 449. The second-order valence-corrected chi connectivity index (χ2v) is 5.70. The molecule has 0 saturated carbocycles. The number of likely N-dealkylation sites (tertiary alicyclic amines) is 1. The number of hydrogen-bond acceptors (Lipinski definition) is 2. The van der Waals surface area contributed by atoms with Crippen LogP contribution in [0.15, 0.2) is 47.8 Å². The van der Waals surface area contributed by atoms with Gasteiger partial charge >= 0.3 is 0 Å². The van der Waals surface area contributed by atoms with Crippen LogP contribution >= 0.6 is 11.3 Å². The van der Waals surface area contributed by atoms with Gasteiger partial charge in [0.25, 0.3) is 0 Å². The number of rotatable bonds is 3. The Balaban J connectivity index is 1.61. The number of hydrogen-bond donors (Lipinski definition) is 0. The molecule has 3 rings (SSSR count). The summed E-state index contributed by atoms with van der Waals surface area (Å²) in [5.74, 6) is 0.763. The minimum atomic E-state index is 0.763.